The van der Waals surface area contributed by atoms with E-state index < -0.39 is 5.60 Å². The van der Waals surface area contributed by atoms with Crippen LogP contribution >= 0.6 is 0 Å². The molecule has 2 N–H and O–H groups in total. The van der Waals surface area contributed by atoms with Gasteiger partial charge in [0, 0.05) is 13.1 Å². The Kier molecular flexibility index (Phi) is 3.97. The van der Waals surface area contributed by atoms with E-state index in [0.29, 0.717) is 18.6 Å². The fraction of sp³-hybridized carbons (Fsp3) is 0.917. The van der Waals surface area contributed by atoms with Gasteiger partial charge >= 0.3 is 0 Å². The van der Waals surface area contributed by atoms with Crippen molar-refractivity contribution in [2.45, 2.75) is 39.7 Å². The van der Waals surface area contributed by atoms with E-state index in [0.717, 1.165) is 19.5 Å². The van der Waals surface area contributed by atoms with Gasteiger partial charge in [0.2, 0.25) is 0 Å². The number of rotatable bonds is 3. The number of amides is 1. The van der Waals surface area contributed by atoms with Gasteiger partial charge in [0.1, 0.15) is 0 Å². The Labute approximate surface area is 98.1 Å². The molecule has 1 aliphatic rings. The van der Waals surface area contributed by atoms with E-state index in [2.05, 4.69) is 25.7 Å². The Morgan fingerprint density at radius 2 is 2.12 bits per heavy atom. The van der Waals surface area contributed by atoms with Crippen LogP contribution in [0.25, 0.3) is 0 Å². The van der Waals surface area contributed by atoms with Crippen LogP contribution < -0.4 is 5.73 Å². The van der Waals surface area contributed by atoms with E-state index in [4.69, 9.17) is 10.5 Å². The van der Waals surface area contributed by atoms with Crippen molar-refractivity contribution in [1.29, 1.82) is 0 Å². The molecule has 0 aliphatic carbocycles. The van der Waals surface area contributed by atoms with Crippen LogP contribution in [0.5, 0.6) is 0 Å². The van der Waals surface area contributed by atoms with Crippen molar-refractivity contribution < 1.29 is 9.53 Å². The number of nitrogens with two attached hydrogens (primary N) is 1. The van der Waals surface area contributed by atoms with E-state index >= 15 is 0 Å². The normalized spacial score (nSPS) is 28.0. The average molecular weight is 228 g/mol. The summed E-state index contributed by atoms with van der Waals surface area (Å²) >= 11 is 0. The molecule has 1 aliphatic heterocycles. The zero-order valence-corrected chi connectivity index (χ0v) is 10.9. The zero-order chi connectivity index (χ0) is 12.4. The molecule has 0 bridgehead atoms. The second-order valence-corrected chi connectivity index (χ2v) is 6.03. The molecule has 1 saturated heterocycles. The number of hydrogen-bond donors (Lipinski definition) is 1. The number of carbonyl (C=O) groups is 1. The van der Waals surface area contributed by atoms with Gasteiger partial charge in [-0.05, 0) is 25.3 Å². The maximum Gasteiger partial charge on any atom is 0.250 e. The van der Waals surface area contributed by atoms with Crippen LogP contribution in [0.15, 0.2) is 0 Å². The maximum atomic E-state index is 11.3. The topological polar surface area (TPSA) is 55.6 Å². The maximum absolute atomic E-state index is 11.3. The average Bonchev–Trinajstić information content (AvgIpc) is 2.14. The third-order valence-corrected chi connectivity index (χ3v) is 3.05. The quantitative estimate of drug-likeness (QED) is 0.784. The predicted molar refractivity (Wildman–Crippen MR) is 64.1 cm³/mol. The van der Waals surface area contributed by atoms with Gasteiger partial charge in [-0.1, -0.05) is 20.8 Å². The molecule has 0 aromatic rings. The highest BCUT2D eigenvalue weighted by Gasteiger charge is 2.37. The Hall–Kier alpha value is -0.610. The summed E-state index contributed by atoms with van der Waals surface area (Å²) in [6.45, 7) is 11.5. The van der Waals surface area contributed by atoms with Crippen molar-refractivity contribution in [3.05, 3.63) is 0 Å². The summed E-state index contributed by atoms with van der Waals surface area (Å²) in [6, 6.07) is 0. The van der Waals surface area contributed by atoms with Gasteiger partial charge in [-0.15, -0.1) is 0 Å². The first-order valence-corrected chi connectivity index (χ1v) is 5.89. The molecule has 4 nitrogen and oxygen atoms in total. The third kappa shape index (κ3) is 3.76. The first kappa shape index (κ1) is 13.5. The summed E-state index contributed by atoms with van der Waals surface area (Å²) in [5, 5.41) is 0. The van der Waals surface area contributed by atoms with E-state index in [9.17, 15) is 4.79 Å². The van der Waals surface area contributed by atoms with Gasteiger partial charge in [0.05, 0.1) is 6.61 Å². The summed E-state index contributed by atoms with van der Waals surface area (Å²) in [7, 11) is 0. The Bertz CT molecular complexity index is 260. The minimum atomic E-state index is -0.809. The predicted octanol–water partition coefficient (Wildman–Crippen LogP) is 0.999. The minimum absolute atomic E-state index is 0.321. The summed E-state index contributed by atoms with van der Waals surface area (Å²) in [5.74, 6) is -0.368. The number of nitrogens with zero attached hydrogens (tertiary/aromatic N) is 1. The molecule has 1 fully saturated rings. The van der Waals surface area contributed by atoms with Crippen molar-refractivity contribution in [2.75, 3.05) is 26.2 Å². The summed E-state index contributed by atoms with van der Waals surface area (Å²) in [4.78, 5) is 13.6. The van der Waals surface area contributed by atoms with Gasteiger partial charge in [-0.3, -0.25) is 9.69 Å². The molecule has 1 amide bonds. The number of primary amides is 1. The molecule has 0 spiro atoms. The molecule has 16 heavy (non-hydrogen) atoms. The van der Waals surface area contributed by atoms with Gasteiger partial charge < -0.3 is 10.5 Å². The van der Waals surface area contributed by atoms with Crippen LogP contribution in [0.2, 0.25) is 0 Å². The molecule has 1 rings (SSSR count). The van der Waals surface area contributed by atoms with Crippen molar-refractivity contribution in [3.8, 4) is 0 Å². The highest BCUT2D eigenvalue weighted by atomic mass is 16.5. The van der Waals surface area contributed by atoms with E-state index in [1.165, 1.54) is 0 Å². The monoisotopic (exact) mass is 228 g/mol. The lowest BCUT2D eigenvalue weighted by atomic mass is 9.91. The molecular weight excluding hydrogens is 204 g/mol. The number of morpholine rings is 1. The smallest absolute Gasteiger partial charge is 0.250 e. The summed E-state index contributed by atoms with van der Waals surface area (Å²) in [6.07, 6.45) is 1.11. The molecule has 0 aromatic heterocycles. The number of hydrogen-bond acceptors (Lipinski definition) is 3. The second kappa shape index (κ2) is 4.72. The first-order chi connectivity index (χ1) is 7.23. The van der Waals surface area contributed by atoms with Gasteiger partial charge in [0.15, 0.2) is 5.60 Å². The number of carbonyl (C=O) groups excluding carboxylic acids is 1. The largest absolute Gasteiger partial charge is 0.367 e. The van der Waals surface area contributed by atoms with Crippen LogP contribution in [0, 0.1) is 5.41 Å². The lowest BCUT2D eigenvalue weighted by molar-refractivity contribution is -0.153. The van der Waals surface area contributed by atoms with Crippen molar-refractivity contribution in [1.82, 2.24) is 4.90 Å². The van der Waals surface area contributed by atoms with Gasteiger partial charge in [-0.25, -0.2) is 0 Å². The van der Waals surface area contributed by atoms with Crippen LogP contribution in [0.1, 0.15) is 34.1 Å². The molecule has 94 valence electrons. The summed E-state index contributed by atoms with van der Waals surface area (Å²) < 4.78 is 5.47. The molecule has 1 atom stereocenters. The van der Waals surface area contributed by atoms with Gasteiger partial charge in [-0.2, -0.15) is 0 Å². The third-order valence-electron chi connectivity index (χ3n) is 3.05. The fourth-order valence-electron chi connectivity index (χ4n) is 1.78. The molecule has 0 unspecified atom stereocenters. The van der Waals surface area contributed by atoms with Crippen LogP contribution in [-0.4, -0.2) is 42.6 Å². The molecule has 0 saturated carbocycles. The minimum Gasteiger partial charge on any atom is -0.367 e. The number of ether oxygens (including phenoxy) is 1. The second-order valence-electron chi connectivity index (χ2n) is 6.03. The van der Waals surface area contributed by atoms with Crippen LogP contribution in [0.4, 0.5) is 0 Å². The SMILES string of the molecule is CC(C)(C)CCN1CCO[C@@](C)(C(N)=O)C1. The fourth-order valence-corrected chi connectivity index (χ4v) is 1.78. The van der Waals surface area contributed by atoms with Crippen LogP contribution in [0.3, 0.4) is 0 Å². The first-order valence-electron chi connectivity index (χ1n) is 5.89. The standard InChI is InChI=1S/C12H24N2O2/c1-11(2,3)5-6-14-7-8-16-12(4,9-14)10(13)15/h5-9H2,1-4H3,(H2,13,15)/t12-/m1/s1. The highest BCUT2D eigenvalue weighted by molar-refractivity contribution is 5.83. The van der Waals surface area contributed by atoms with Gasteiger partial charge in [0.25, 0.3) is 5.91 Å². The highest BCUT2D eigenvalue weighted by Crippen LogP contribution is 2.22. The molecular formula is C12H24N2O2. The Balaban J connectivity index is 2.48. The lowest BCUT2D eigenvalue weighted by Crippen LogP contribution is -2.57. The Morgan fingerprint density at radius 1 is 1.50 bits per heavy atom. The molecule has 4 heteroatoms. The van der Waals surface area contributed by atoms with Crippen molar-refractivity contribution >= 4 is 5.91 Å². The Morgan fingerprint density at radius 3 is 2.62 bits per heavy atom. The van der Waals surface area contributed by atoms with E-state index in [1.807, 2.05) is 0 Å². The van der Waals surface area contributed by atoms with Crippen molar-refractivity contribution in [2.24, 2.45) is 11.1 Å². The summed E-state index contributed by atoms with van der Waals surface area (Å²) in [5.41, 5.74) is 4.87. The molecule has 0 aromatic carbocycles. The van der Waals surface area contributed by atoms with Crippen molar-refractivity contribution in [3.63, 3.8) is 0 Å². The molecule has 1 heterocycles. The van der Waals surface area contributed by atoms with E-state index in [-0.39, 0.29) is 5.91 Å². The van der Waals surface area contributed by atoms with E-state index in [1.54, 1.807) is 6.92 Å². The zero-order valence-electron chi connectivity index (χ0n) is 10.9. The lowest BCUT2D eigenvalue weighted by Gasteiger charge is -2.39. The molecule has 0 radical (unpaired) electrons. The van der Waals surface area contributed by atoms with Crippen LogP contribution in [-0.2, 0) is 9.53 Å².